The van der Waals surface area contributed by atoms with Crippen molar-refractivity contribution < 1.29 is 24.5 Å². The van der Waals surface area contributed by atoms with Crippen molar-refractivity contribution in [2.75, 3.05) is 0 Å². The molecule has 2 rings (SSSR count). The molecule has 0 saturated carbocycles. The van der Waals surface area contributed by atoms with E-state index in [1.54, 1.807) is 32.1 Å². The van der Waals surface area contributed by atoms with Gasteiger partial charge in [-0.05, 0) is 44.8 Å². The number of hydrogen-bond acceptors (Lipinski definition) is 7. The maximum absolute atomic E-state index is 13.2. The molecule has 35 heavy (non-hydrogen) atoms. The molecule has 0 bridgehead atoms. The Labute approximate surface area is 213 Å². The number of carbonyl (C=O) groups is 2. The van der Waals surface area contributed by atoms with Gasteiger partial charge in [0.15, 0.2) is 0 Å². The lowest BCUT2D eigenvalue weighted by Gasteiger charge is -2.34. The van der Waals surface area contributed by atoms with E-state index in [0.29, 0.717) is 6.42 Å². The van der Waals surface area contributed by atoms with Gasteiger partial charge in [-0.3, -0.25) is 9.59 Å². The Hall–Kier alpha value is -2.09. The molecule has 6 atom stereocenters. The molecule has 0 aliphatic carbocycles. The van der Waals surface area contributed by atoms with Gasteiger partial charge in [0.2, 0.25) is 0 Å². The van der Waals surface area contributed by atoms with Gasteiger partial charge in [0.25, 0.3) is 0 Å². The van der Waals surface area contributed by atoms with Crippen molar-refractivity contribution in [3.05, 3.63) is 45.5 Å². The molecule has 0 unspecified atom stereocenters. The summed E-state index contributed by atoms with van der Waals surface area (Å²) in [5.74, 6) is -1.80. The highest BCUT2D eigenvalue weighted by Crippen LogP contribution is 2.32. The normalized spacial score (nSPS) is 34.1. The molecule has 0 amide bonds. The quantitative estimate of drug-likeness (QED) is 0.533. The number of aliphatic hydroxyl groups is 2. The zero-order valence-electron chi connectivity index (χ0n) is 22.2. The molecule has 2 N–H and O–H groups in total. The van der Waals surface area contributed by atoms with Crippen LogP contribution < -0.4 is 0 Å². The topological polar surface area (TPSA) is 96.7 Å². The molecule has 6 nitrogen and oxygen atoms in total. The van der Waals surface area contributed by atoms with Crippen molar-refractivity contribution >= 4 is 29.2 Å². The maximum Gasteiger partial charge on any atom is 0.309 e. The monoisotopic (exact) mass is 503 g/mol. The van der Waals surface area contributed by atoms with Gasteiger partial charge in [0.1, 0.15) is 11.9 Å². The zero-order chi connectivity index (χ0) is 26.5. The highest BCUT2D eigenvalue weighted by molar-refractivity contribution is 7.09. The van der Waals surface area contributed by atoms with Gasteiger partial charge < -0.3 is 14.9 Å². The largest absolute Gasteiger partial charge is 0.457 e. The predicted molar refractivity (Wildman–Crippen MR) is 141 cm³/mol. The summed E-state index contributed by atoms with van der Waals surface area (Å²) < 4.78 is 5.90. The van der Waals surface area contributed by atoms with Gasteiger partial charge in [-0.15, -0.1) is 11.3 Å². The fourth-order valence-electron chi connectivity index (χ4n) is 4.54. The van der Waals surface area contributed by atoms with E-state index >= 15 is 0 Å². The Bertz CT molecular complexity index is 989. The average molecular weight is 504 g/mol. The fourth-order valence-corrected chi connectivity index (χ4v) is 5.11. The predicted octanol–water partition coefficient (Wildman–Crippen LogP) is 5.29. The number of aromatic nitrogens is 1. The van der Waals surface area contributed by atoms with Crippen LogP contribution in [0.1, 0.15) is 72.0 Å². The van der Waals surface area contributed by atoms with E-state index in [1.165, 1.54) is 0 Å². The number of Topliss-reactive ketones (excluding diaryl/α,β-unsaturated/α-hetero) is 1. The van der Waals surface area contributed by atoms with Crippen LogP contribution in [0.4, 0.5) is 0 Å². The van der Waals surface area contributed by atoms with Crippen LogP contribution in [0.25, 0.3) is 6.08 Å². The Kier molecular flexibility index (Phi) is 10.2. The van der Waals surface area contributed by atoms with Crippen molar-refractivity contribution in [2.45, 2.75) is 86.5 Å². The molecule has 0 aromatic carbocycles. The molecule has 7 heteroatoms. The number of aryl methyl sites for hydroxylation is 1. The molecule has 1 aromatic rings. The summed E-state index contributed by atoms with van der Waals surface area (Å²) in [4.78, 5) is 30.6. The Balaban J connectivity index is 2.45. The SMILES string of the molecule is CC1=C\[C@H](C)[C@@H](/C(C)=C/c2csc(C)n2)OC(=O)C[C@H](O)C(C)(C)C(=O)[C@H](C)[C@@H](O)[C@@H](C)C\C=C\1. The smallest absolute Gasteiger partial charge is 0.309 e. The van der Waals surface area contributed by atoms with E-state index in [1.807, 2.05) is 58.2 Å². The lowest BCUT2D eigenvalue weighted by Crippen LogP contribution is -2.45. The van der Waals surface area contributed by atoms with Gasteiger partial charge in [-0.2, -0.15) is 0 Å². The number of ether oxygens (including phenoxy) is 1. The van der Waals surface area contributed by atoms with Gasteiger partial charge >= 0.3 is 5.97 Å². The highest BCUT2D eigenvalue weighted by atomic mass is 32.1. The van der Waals surface area contributed by atoms with Gasteiger partial charge in [-0.25, -0.2) is 4.98 Å². The van der Waals surface area contributed by atoms with Crippen LogP contribution in [-0.4, -0.2) is 45.3 Å². The van der Waals surface area contributed by atoms with Gasteiger partial charge in [-0.1, -0.05) is 58.4 Å². The van der Waals surface area contributed by atoms with Crippen molar-refractivity contribution in [2.24, 2.45) is 23.2 Å². The first-order chi connectivity index (χ1) is 16.2. The molecular formula is C28H41NO5S. The number of rotatable bonds is 2. The number of thiazole rings is 1. The third kappa shape index (κ3) is 7.69. The van der Waals surface area contributed by atoms with Crippen molar-refractivity contribution in [3.63, 3.8) is 0 Å². The van der Waals surface area contributed by atoms with Crippen LogP contribution in [0.2, 0.25) is 0 Å². The molecule has 1 aliphatic heterocycles. The maximum atomic E-state index is 13.2. The van der Waals surface area contributed by atoms with Crippen LogP contribution in [0.15, 0.2) is 34.8 Å². The van der Waals surface area contributed by atoms with Gasteiger partial charge in [0.05, 0.1) is 34.7 Å². The van der Waals surface area contributed by atoms with Crippen molar-refractivity contribution in [1.29, 1.82) is 0 Å². The summed E-state index contributed by atoms with van der Waals surface area (Å²) in [5.41, 5.74) is 1.46. The first kappa shape index (κ1) is 29.1. The molecule has 2 heterocycles. The Morgan fingerprint density at radius 3 is 2.46 bits per heavy atom. The van der Waals surface area contributed by atoms with E-state index in [9.17, 15) is 19.8 Å². The number of hydrogen-bond donors (Lipinski definition) is 2. The first-order valence-corrected chi connectivity index (χ1v) is 13.2. The van der Waals surface area contributed by atoms with Crippen LogP contribution in [0, 0.1) is 30.1 Å². The average Bonchev–Trinajstić information content (AvgIpc) is 3.19. The fraction of sp³-hybridized carbons (Fsp3) is 0.607. The number of ketones is 1. The van der Waals surface area contributed by atoms with E-state index in [2.05, 4.69) is 11.1 Å². The van der Waals surface area contributed by atoms with Crippen molar-refractivity contribution in [1.82, 2.24) is 4.98 Å². The van der Waals surface area contributed by atoms with Gasteiger partial charge in [0, 0.05) is 17.2 Å². The minimum absolute atomic E-state index is 0.137. The molecule has 0 spiro atoms. The van der Waals surface area contributed by atoms with Crippen molar-refractivity contribution in [3.8, 4) is 0 Å². The summed E-state index contributed by atoms with van der Waals surface area (Å²) in [6, 6.07) is 0. The number of esters is 1. The molecule has 0 radical (unpaired) electrons. The van der Waals surface area contributed by atoms with E-state index < -0.39 is 35.6 Å². The van der Waals surface area contributed by atoms with E-state index in [0.717, 1.165) is 21.8 Å². The molecule has 194 valence electrons. The molecular weight excluding hydrogens is 462 g/mol. The summed E-state index contributed by atoms with van der Waals surface area (Å²) in [6.45, 7) is 14.6. The number of nitrogens with zero attached hydrogens (tertiary/aromatic N) is 1. The third-order valence-corrected chi connectivity index (χ3v) is 7.74. The Morgan fingerprint density at radius 1 is 1.20 bits per heavy atom. The highest BCUT2D eigenvalue weighted by Gasteiger charge is 2.42. The zero-order valence-corrected chi connectivity index (χ0v) is 23.1. The number of cyclic esters (lactones) is 1. The first-order valence-electron chi connectivity index (χ1n) is 12.3. The van der Waals surface area contributed by atoms with Crippen LogP contribution in [-0.2, 0) is 14.3 Å². The summed E-state index contributed by atoms with van der Waals surface area (Å²) in [7, 11) is 0. The number of carbonyl (C=O) groups excluding carboxylic acids is 2. The second-order valence-corrected chi connectivity index (χ2v) is 11.6. The van der Waals surface area contributed by atoms with Crippen LogP contribution >= 0.6 is 11.3 Å². The molecule has 1 aliphatic rings. The summed E-state index contributed by atoms with van der Waals surface area (Å²) in [6.07, 6.45) is 5.62. The third-order valence-electron chi connectivity index (χ3n) is 6.95. The second kappa shape index (κ2) is 12.2. The lowest BCUT2D eigenvalue weighted by molar-refractivity contribution is -0.155. The second-order valence-electron chi connectivity index (χ2n) is 10.6. The molecule has 1 aromatic heterocycles. The number of aliphatic hydroxyl groups excluding tert-OH is 2. The van der Waals surface area contributed by atoms with E-state index in [-0.39, 0.29) is 24.0 Å². The van der Waals surface area contributed by atoms with E-state index in [4.69, 9.17) is 4.74 Å². The van der Waals surface area contributed by atoms with Crippen LogP contribution in [0.5, 0.6) is 0 Å². The summed E-state index contributed by atoms with van der Waals surface area (Å²) in [5, 5.41) is 24.6. The lowest BCUT2D eigenvalue weighted by atomic mass is 9.73. The summed E-state index contributed by atoms with van der Waals surface area (Å²) >= 11 is 1.55. The minimum atomic E-state index is -1.24. The minimum Gasteiger partial charge on any atom is -0.457 e. The molecule has 0 fully saturated rings. The molecule has 0 saturated heterocycles. The standard InChI is InChI=1S/C28H41NO5S/c1-16-10-9-11-17(2)25(32)20(5)27(33)28(7,8)23(30)14-24(31)34-26(18(3)12-16)19(4)13-22-15-35-21(6)29-22/h9-10,12-13,15,17-18,20,23,25-26,30,32H,11,14H2,1-8H3/b10-9+,16-12+,19-13+/t17-,18-,20+,23-,25-,26-/m0/s1. The number of allylic oxidation sites excluding steroid dienone is 3. The Morgan fingerprint density at radius 2 is 1.86 bits per heavy atom. The van der Waals surface area contributed by atoms with Crippen LogP contribution in [0.3, 0.4) is 0 Å².